The maximum absolute atomic E-state index is 11.5. The molecule has 0 aliphatic carbocycles. The van der Waals surface area contributed by atoms with Crippen LogP contribution < -0.4 is 5.32 Å². The van der Waals surface area contributed by atoms with Crippen molar-refractivity contribution in [1.29, 1.82) is 0 Å². The summed E-state index contributed by atoms with van der Waals surface area (Å²) < 4.78 is 0. The van der Waals surface area contributed by atoms with Gasteiger partial charge in [-0.25, -0.2) is 4.79 Å². The molecule has 0 aliphatic rings. The summed E-state index contributed by atoms with van der Waals surface area (Å²) in [6.07, 6.45) is 0. The summed E-state index contributed by atoms with van der Waals surface area (Å²) in [6, 6.07) is 5.45. The SMILES string of the molecule is CC(C)C(=O)NC(C(=O)O)c1ccccc1Cl. The van der Waals surface area contributed by atoms with E-state index in [1.165, 1.54) is 0 Å². The van der Waals surface area contributed by atoms with Gasteiger partial charge < -0.3 is 10.4 Å². The van der Waals surface area contributed by atoms with Crippen LogP contribution in [0.5, 0.6) is 0 Å². The predicted octanol–water partition coefficient (Wildman–Crippen LogP) is 2.24. The van der Waals surface area contributed by atoms with Crippen molar-refractivity contribution in [3.05, 3.63) is 34.9 Å². The van der Waals surface area contributed by atoms with Gasteiger partial charge in [-0.1, -0.05) is 43.6 Å². The van der Waals surface area contributed by atoms with Gasteiger partial charge in [-0.15, -0.1) is 0 Å². The molecule has 92 valence electrons. The van der Waals surface area contributed by atoms with Crippen LogP contribution in [0.3, 0.4) is 0 Å². The van der Waals surface area contributed by atoms with Gasteiger partial charge in [-0.2, -0.15) is 0 Å². The van der Waals surface area contributed by atoms with Crippen molar-refractivity contribution in [2.75, 3.05) is 0 Å². The molecule has 0 fully saturated rings. The van der Waals surface area contributed by atoms with E-state index in [1.54, 1.807) is 38.1 Å². The Bertz CT molecular complexity index is 432. The maximum Gasteiger partial charge on any atom is 0.330 e. The number of hydrogen-bond donors (Lipinski definition) is 2. The topological polar surface area (TPSA) is 66.4 Å². The summed E-state index contributed by atoms with van der Waals surface area (Å²) in [5, 5.41) is 11.9. The highest BCUT2D eigenvalue weighted by atomic mass is 35.5. The van der Waals surface area contributed by atoms with Gasteiger partial charge >= 0.3 is 5.97 Å². The zero-order chi connectivity index (χ0) is 13.0. The summed E-state index contributed by atoms with van der Waals surface area (Å²) >= 11 is 5.91. The third-order valence-electron chi connectivity index (χ3n) is 2.27. The lowest BCUT2D eigenvalue weighted by molar-refractivity contribution is -0.142. The predicted molar refractivity (Wildman–Crippen MR) is 64.8 cm³/mol. The second kappa shape index (κ2) is 5.68. The number of aliphatic carboxylic acids is 1. The summed E-state index contributed by atoms with van der Waals surface area (Å²) in [5.41, 5.74) is 0.385. The summed E-state index contributed by atoms with van der Waals surface area (Å²) in [5.74, 6) is -1.73. The van der Waals surface area contributed by atoms with E-state index in [2.05, 4.69) is 5.32 Å². The monoisotopic (exact) mass is 255 g/mol. The number of hydrogen-bond acceptors (Lipinski definition) is 2. The lowest BCUT2D eigenvalue weighted by Gasteiger charge is -2.17. The first-order chi connectivity index (χ1) is 7.93. The molecule has 4 nitrogen and oxygen atoms in total. The number of nitrogens with one attached hydrogen (secondary N) is 1. The molecular weight excluding hydrogens is 242 g/mol. The van der Waals surface area contributed by atoms with Gasteiger partial charge in [-0.3, -0.25) is 4.79 Å². The highest BCUT2D eigenvalue weighted by Crippen LogP contribution is 2.23. The molecule has 0 aromatic heterocycles. The average Bonchev–Trinajstić information content (AvgIpc) is 2.26. The highest BCUT2D eigenvalue weighted by molar-refractivity contribution is 6.31. The van der Waals surface area contributed by atoms with Crippen LogP contribution in [0.1, 0.15) is 25.5 Å². The molecule has 0 saturated carbocycles. The number of halogens is 1. The molecular formula is C12H14ClNO3. The second-order valence-electron chi connectivity index (χ2n) is 3.96. The Morgan fingerprint density at radius 3 is 2.35 bits per heavy atom. The van der Waals surface area contributed by atoms with Crippen LogP contribution in [0.2, 0.25) is 5.02 Å². The van der Waals surface area contributed by atoms with E-state index in [4.69, 9.17) is 16.7 Å². The normalized spacial score (nSPS) is 12.2. The Morgan fingerprint density at radius 2 is 1.88 bits per heavy atom. The molecule has 0 aliphatic heterocycles. The van der Waals surface area contributed by atoms with Gasteiger partial charge in [0.15, 0.2) is 6.04 Å². The summed E-state index contributed by atoms with van der Waals surface area (Å²) in [7, 11) is 0. The van der Waals surface area contributed by atoms with Crippen molar-refractivity contribution in [3.63, 3.8) is 0 Å². The zero-order valence-electron chi connectivity index (χ0n) is 9.61. The van der Waals surface area contributed by atoms with E-state index in [9.17, 15) is 9.59 Å². The van der Waals surface area contributed by atoms with Crippen molar-refractivity contribution in [3.8, 4) is 0 Å². The Morgan fingerprint density at radius 1 is 1.29 bits per heavy atom. The number of carbonyl (C=O) groups excluding carboxylic acids is 1. The summed E-state index contributed by atoms with van der Waals surface area (Å²) in [4.78, 5) is 22.7. The largest absolute Gasteiger partial charge is 0.479 e. The molecule has 0 spiro atoms. The van der Waals surface area contributed by atoms with Crippen molar-refractivity contribution in [1.82, 2.24) is 5.32 Å². The maximum atomic E-state index is 11.5. The molecule has 1 aromatic carbocycles. The molecule has 1 rings (SSSR count). The number of carboxylic acids is 1. The first-order valence-corrected chi connectivity index (χ1v) is 5.59. The van der Waals surface area contributed by atoms with Crippen LogP contribution in [-0.4, -0.2) is 17.0 Å². The molecule has 2 N–H and O–H groups in total. The van der Waals surface area contributed by atoms with E-state index in [0.717, 1.165) is 0 Å². The van der Waals surface area contributed by atoms with Gasteiger partial charge in [0.05, 0.1) is 0 Å². The van der Waals surface area contributed by atoms with Gasteiger partial charge in [0.1, 0.15) is 0 Å². The third kappa shape index (κ3) is 3.46. The van der Waals surface area contributed by atoms with Crippen LogP contribution in [0.25, 0.3) is 0 Å². The first-order valence-electron chi connectivity index (χ1n) is 5.21. The lowest BCUT2D eigenvalue weighted by atomic mass is 10.1. The Hall–Kier alpha value is -1.55. The Labute approximate surface area is 105 Å². The smallest absolute Gasteiger partial charge is 0.330 e. The Balaban J connectivity index is 2.99. The lowest BCUT2D eigenvalue weighted by Crippen LogP contribution is -2.36. The zero-order valence-corrected chi connectivity index (χ0v) is 10.4. The van der Waals surface area contributed by atoms with E-state index < -0.39 is 12.0 Å². The number of carbonyl (C=O) groups is 2. The molecule has 0 radical (unpaired) electrons. The quantitative estimate of drug-likeness (QED) is 0.867. The van der Waals surface area contributed by atoms with E-state index in [-0.39, 0.29) is 11.8 Å². The average molecular weight is 256 g/mol. The van der Waals surface area contributed by atoms with Crippen LogP contribution in [-0.2, 0) is 9.59 Å². The molecule has 1 atom stereocenters. The van der Waals surface area contributed by atoms with Crippen LogP contribution in [0.15, 0.2) is 24.3 Å². The highest BCUT2D eigenvalue weighted by Gasteiger charge is 2.24. The van der Waals surface area contributed by atoms with Crippen LogP contribution in [0, 0.1) is 5.92 Å². The number of carboxylic acid groups (broad SMARTS) is 1. The van der Waals surface area contributed by atoms with Crippen molar-refractivity contribution in [2.45, 2.75) is 19.9 Å². The van der Waals surface area contributed by atoms with Crippen molar-refractivity contribution < 1.29 is 14.7 Å². The molecule has 1 amide bonds. The third-order valence-corrected chi connectivity index (χ3v) is 2.62. The second-order valence-corrected chi connectivity index (χ2v) is 4.36. The van der Waals surface area contributed by atoms with E-state index in [0.29, 0.717) is 10.6 Å². The fourth-order valence-corrected chi connectivity index (χ4v) is 1.54. The molecule has 0 saturated heterocycles. The minimum atomic E-state index is -1.13. The minimum absolute atomic E-state index is 0.278. The number of rotatable bonds is 4. The molecule has 5 heteroatoms. The number of benzene rings is 1. The van der Waals surface area contributed by atoms with Crippen LogP contribution >= 0.6 is 11.6 Å². The van der Waals surface area contributed by atoms with Gasteiger partial charge in [0.25, 0.3) is 0 Å². The van der Waals surface area contributed by atoms with Gasteiger partial charge in [-0.05, 0) is 6.07 Å². The molecule has 1 aromatic rings. The fraction of sp³-hybridized carbons (Fsp3) is 0.333. The standard InChI is InChI=1S/C12H14ClNO3/c1-7(2)11(15)14-10(12(16)17)8-5-3-4-6-9(8)13/h3-7,10H,1-2H3,(H,14,15)(H,16,17). The van der Waals surface area contributed by atoms with Gasteiger partial charge in [0.2, 0.25) is 5.91 Å². The minimum Gasteiger partial charge on any atom is -0.479 e. The van der Waals surface area contributed by atoms with E-state index >= 15 is 0 Å². The van der Waals surface area contributed by atoms with Crippen LogP contribution in [0.4, 0.5) is 0 Å². The van der Waals surface area contributed by atoms with Crippen molar-refractivity contribution >= 4 is 23.5 Å². The number of amides is 1. The molecule has 0 heterocycles. The first kappa shape index (κ1) is 13.5. The van der Waals surface area contributed by atoms with E-state index in [1.807, 2.05) is 0 Å². The molecule has 1 unspecified atom stereocenters. The Kier molecular flexibility index (Phi) is 4.52. The molecule has 17 heavy (non-hydrogen) atoms. The fourth-order valence-electron chi connectivity index (χ4n) is 1.29. The summed E-state index contributed by atoms with van der Waals surface area (Å²) in [6.45, 7) is 3.39. The molecule has 0 bridgehead atoms. The van der Waals surface area contributed by atoms with Gasteiger partial charge in [0, 0.05) is 16.5 Å². The van der Waals surface area contributed by atoms with Crippen molar-refractivity contribution in [2.24, 2.45) is 5.92 Å².